The predicted molar refractivity (Wildman–Crippen MR) is 191 cm³/mol. The summed E-state index contributed by atoms with van der Waals surface area (Å²) in [7, 11) is 0. The maximum Gasteiger partial charge on any atom is 0.187 e. The fraction of sp³-hybridized carbons (Fsp3) is 0.0698. The first-order valence-electron chi connectivity index (χ1n) is 15.7. The van der Waals surface area contributed by atoms with E-state index in [1.54, 1.807) is 0 Å². The van der Waals surface area contributed by atoms with Gasteiger partial charge in [0.15, 0.2) is 23.2 Å². The summed E-state index contributed by atoms with van der Waals surface area (Å²) in [6.07, 6.45) is 0. The van der Waals surface area contributed by atoms with Gasteiger partial charge in [-0.05, 0) is 56.6 Å². The molecular weight excluding hydrogens is 573 g/mol. The van der Waals surface area contributed by atoms with Gasteiger partial charge in [0, 0.05) is 22.1 Å². The van der Waals surface area contributed by atoms with E-state index in [1.807, 2.05) is 84.9 Å². The van der Waals surface area contributed by atoms with Gasteiger partial charge < -0.3 is 0 Å². The van der Waals surface area contributed by atoms with E-state index in [-0.39, 0.29) is 5.41 Å². The Bertz CT molecular complexity index is 2240. The number of hydrogen-bond acceptors (Lipinski definition) is 3. The van der Waals surface area contributed by atoms with Crippen molar-refractivity contribution in [3.8, 4) is 67.5 Å². The quantitative estimate of drug-likeness (QED) is 0.184. The van der Waals surface area contributed by atoms with E-state index in [0.717, 1.165) is 27.8 Å². The molecule has 8 rings (SSSR count). The van der Waals surface area contributed by atoms with Gasteiger partial charge in [0.25, 0.3) is 0 Å². The van der Waals surface area contributed by atoms with Gasteiger partial charge in [-0.15, -0.1) is 0 Å². The molecule has 0 N–H and O–H groups in total. The fourth-order valence-electron chi connectivity index (χ4n) is 6.57. The minimum Gasteiger partial charge on any atom is -0.238 e. The van der Waals surface area contributed by atoms with Crippen LogP contribution in [0.3, 0.4) is 0 Å². The second kappa shape index (κ2) is 11.3. The smallest absolute Gasteiger partial charge is 0.187 e. The highest BCUT2D eigenvalue weighted by molar-refractivity contribution is 5.86. The largest absolute Gasteiger partial charge is 0.238 e. The Labute approximate surface area is 274 Å². The average Bonchev–Trinajstić information content (AvgIpc) is 3.37. The second-order valence-corrected chi connectivity index (χ2v) is 12.4. The van der Waals surface area contributed by atoms with Crippen LogP contribution in [0.15, 0.2) is 146 Å². The Kier molecular flexibility index (Phi) is 6.82. The zero-order valence-electron chi connectivity index (χ0n) is 26.1. The van der Waals surface area contributed by atoms with Crippen molar-refractivity contribution < 1.29 is 0 Å². The standard InChI is InChI=1S/C43H30N4/c1-43(2)38-26-33(20-24-36(38)37-25-21-34(27-39(37)43)29-18-22-35(44-3)23-19-29)28-14-16-32(17-15-28)42-46-40(30-10-6-4-7-11-30)45-41(47-42)31-12-8-5-9-13-31/h4-27H,1-2H3. The normalized spacial score (nSPS) is 12.6. The number of nitrogens with zero attached hydrogens (tertiary/aromatic N) is 4. The monoisotopic (exact) mass is 602 g/mol. The summed E-state index contributed by atoms with van der Waals surface area (Å²) in [5, 5.41) is 0. The molecule has 0 unspecified atom stereocenters. The van der Waals surface area contributed by atoms with Gasteiger partial charge in [-0.25, -0.2) is 19.8 Å². The minimum absolute atomic E-state index is 0.153. The zero-order valence-corrected chi connectivity index (χ0v) is 26.1. The average molecular weight is 603 g/mol. The van der Waals surface area contributed by atoms with Crippen molar-refractivity contribution in [1.82, 2.24) is 15.0 Å². The Morgan fingerprint density at radius 1 is 0.426 bits per heavy atom. The lowest BCUT2D eigenvalue weighted by molar-refractivity contribution is 0.661. The van der Waals surface area contributed by atoms with Crippen LogP contribution >= 0.6 is 0 Å². The molecule has 222 valence electrons. The number of hydrogen-bond donors (Lipinski definition) is 0. The van der Waals surface area contributed by atoms with E-state index in [0.29, 0.717) is 23.2 Å². The molecule has 1 aromatic heterocycles. The van der Waals surface area contributed by atoms with Crippen LogP contribution in [0.25, 0.3) is 72.4 Å². The van der Waals surface area contributed by atoms with Gasteiger partial charge in [-0.2, -0.15) is 0 Å². The van der Waals surface area contributed by atoms with Crippen LogP contribution < -0.4 is 0 Å². The Morgan fingerprint density at radius 2 is 0.787 bits per heavy atom. The van der Waals surface area contributed by atoms with Crippen LogP contribution in [0.1, 0.15) is 25.0 Å². The third-order valence-corrected chi connectivity index (χ3v) is 9.18. The topological polar surface area (TPSA) is 43.0 Å². The van der Waals surface area contributed by atoms with Gasteiger partial charge >= 0.3 is 0 Å². The highest BCUT2D eigenvalue weighted by atomic mass is 15.0. The first kappa shape index (κ1) is 28.3. The Morgan fingerprint density at radius 3 is 1.21 bits per heavy atom. The fourth-order valence-corrected chi connectivity index (χ4v) is 6.57. The highest BCUT2D eigenvalue weighted by Gasteiger charge is 2.35. The Balaban J connectivity index is 1.13. The van der Waals surface area contributed by atoms with Crippen LogP contribution in [0.5, 0.6) is 0 Å². The molecule has 6 aromatic carbocycles. The summed E-state index contributed by atoms with van der Waals surface area (Å²) in [5.74, 6) is 1.96. The molecule has 0 atom stereocenters. The highest BCUT2D eigenvalue weighted by Crippen LogP contribution is 2.50. The summed E-state index contributed by atoms with van der Waals surface area (Å²) < 4.78 is 0. The molecule has 0 radical (unpaired) electrons. The van der Waals surface area contributed by atoms with Gasteiger partial charge in [-0.3, -0.25) is 0 Å². The lowest BCUT2D eigenvalue weighted by Crippen LogP contribution is -2.15. The third-order valence-electron chi connectivity index (χ3n) is 9.18. The van der Waals surface area contributed by atoms with Crippen molar-refractivity contribution >= 4 is 5.69 Å². The van der Waals surface area contributed by atoms with E-state index < -0.39 is 0 Å². The van der Waals surface area contributed by atoms with Gasteiger partial charge in [0.1, 0.15) is 0 Å². The van der Waals surface area contributed by atoms with E-state index in [4.69, 9.17) is 21.5 Å². The van der Waals surface area contributed by atoms with Gasteiger partial charge in [0.05, 0.1) is 6.57 Å². The molecule has 0 spiro atoms. The SMILES string of the molecule is [C-]#[N+]c1ccc(-c2ccc3c(c2)C(C)(C)c2cc(-c4ccc(-c5nc(-c6ccccc6)nc(-c6ccccc6)n5)cc4)ccc2-3)cc1. The summed E-state index contributed by atoms with van der Waals surface area (Å²) in [5.41, 5.74) is 13.2. The third kappa shape index (κ3) is 5.09. The molecule has 7 aromatic rings. The number of aromatic nitrogens is 3. The predicted octanol–water partition coefficient (Wildman–Crippen LogP) is 11.1. The molecule has 0 saturated carbocycles. The van der Waals surface area contributed by atoms with E-state index >= 15 is 0 Å². The van der Waals surface area contributed by atoms with E-state index in [9.17, 15) is 0 Å². The lowest BCUT2D eigenvalue weighted by atomic mass is 9.81. The summed E-state index contributed by atoms with van der Waals surface area (Å²) in [6, 6.07) is 50.1. The van der Waals surface area contributed by atoms with Crippen molar-refractivity contribution in [3.05, 3.63) is 168 Å². The van der Waals surface area contributed by atoms with Gasteiger partial charge in [0.2, 0.25) is 0 Å². The van der Waals surface area contributed by atoms with Crippen LogP contribution in [-0.4, -0.2) is 15.0 Å². The molecule has 0 bridgehead atoms. The molecule has 0 fully saturated rings. The first-order valence-corrected chi connectivity index (χ1v) is 15.7. The summed E-state index contributed by atoms with van der Waals surface area (Å²) in [6.45, 7) is 11.9. The maximum atomic E-state index is 7.27. The molecule has 0 aliphatic heterocycles. The maximum absolute atomic E-state index is 7.27. The first-order chi connectivity index (χ1) is 23.0. The van der Waals surface area contributed by atoms with Crippen molar-refractivity contribution in [3.63, 3.8) is 0 Å². The van der Waals surface area contributed by atoms with Crippen LogP contribution in [0.2, 0.25) is 0 Å². The molecular formula is C43H30N4. The molecule has 0 amide bonds. The zero-order chi connectivity index (χ0) is 32.0. The molecule has 0 saturated heterocycles. The van der Waals surface area contributed by atoms with Crippen molar-refractivity contribution in [2.45, 2.75) is 19.3 Å². The molecule has 4 nitrogen and oxygen atoms in total. The van der Waals surface area contributed by atoms with Crippen LogP contribution in [0.4, 0.5) is 5.69 Å². The van der Waals surface area contributed by atoms with Gasteiger partial charge in [-0.1, -0.05) is 147 Å². The summed E-state index contributed by atoms with van der Waals surface area (Å²) in [4.78, 5) is 18.1. The van der Waals surface area contributed by atoms with Crippen molar-refractivity contribution in [2.75, 3.05) is 0 Å². The second-order valence-electron chi connectivity index (χ2n) is 12.4. The number of rotatable bonds is 5. The van der Waals surface area contributed by atoms with Crippen LogP contribution in [-0.2, 0) is 5.41 Å². The number of fused-ring (bicyclic) bond motifs is 3. The molecule has 1 aliphatic carbocycles. The number of benzene rings is 6. The molecule has 1 heterocycles. The molecule has 4 heteroatoms. The van der Waals surface area contributed by atoms with Crippen molar-refractivity contribution in [2.24, 2.45) is 0 Å². The van der Waals surface area contributed by atoms with E-state index in [1.165, 1.54) is 33.4 Å². The Hall–Kier alpha value is -6.18. The van der Waals surface area contributed by atoms with E-state index in [2.05, 4.69) is 79.4 Å². The lowest BCUT2D eigenvalue weighted by Gasteiger charge is -2.22. The summed E-state index contributed by atoms with van der Waals surface area (Å²) >= 11 is 0. The molecule has 1 aliphatic rings. The van der Waals surface area contributed by atoms with Crippen LogP contribution in [0, 0.1) is 6.57 Å². The minimum atomic E-state index is -0.153. The molecule has 47 heavy (non-hydrogen) atoms. The van der Waals surface area contributed by atoms with Crippen molar-refractivity contribution in [1.29, 1.82) is 0 Å².